The van der Waals surface area contributed by atoms with E-state index in [1.165, 1.54) is 0 Å². The van der Waals surface area contributed by atoms with Crippen molar-refractivity contribution in [3.05, 3.63) is 39.5 Å². The van der Waals surface area contributed by atoms with Gasteiger partial charge in [0.2, 0.25) is 0 Å². The minimum absolute atomic E-state index is 0.0577. The van der Waals surface area contributed by atoms with Gasteiger partial charge in [-0.1, -0.05) is 29.3 Å². The number of aryl methyl sites for hydroxylation is 1. The van der Waals surface area contributed by atoms with Crippen molar-refractivity contribution in [2.24, 2.45) is 0 Å². The molecule has 0 amide bonds. The van der Waals surface area contributed by atoms with E-state index in [0.29, 0.717) is 21.1 Å². The van der Waals surface area contributed by atoms with Gasteiger partial charge in [0.15, 0.2) is 0 Å². The molecule has 88 valence electrons. The first-order chi connectivity index (χ1) is 7.99. The van der Waals surface area contributed by atoms with E-state index in [1.54, 1.807) is 25.1 Å². The van der Waals surface area contributed by atoms with Gasteiger partial charge in [-0.3, -0.25) is 9.78 Å². The summed E-state index contributed by atoms with van der Waals surface area (Å²) in [6.45, 7) is 1.79. The second kappa shape index (κ2) is 4.51. The van der Waals surface area contributed by atoms with E-state index in [-0.39, 0.29) is 6.42 Å². The number of carboxylic acids is 1. The summed E-state index contributed by atoms with van der Waals surface area (Å²) in [4.78, 5) is 15.1. The Balaban J connectivity index is 2.76. The zero-order valence-electron chi connectivity index (χ0n) is 9.00. The molecule has 0 radical (unpaired) electrons. The number of fused-ring (bicyclic) bond motifs is 1. The van der Waals surface area contributed by atoms with Crippen LogP contribution in [-0.2, 0) is 11.2 Å². The van der Waals surface area contributed by atoms with Gasteiger partial charge in [0.25, 0.3) is 0 Å². The fourth-order valence-electron chi connectivity index (χ4n) is 1.76. The SMILES string of the molecule is Cc1cc(CC(=O)O)c2ccc(Cl)c(Cl)c2n1. The molecule has 0 aliphatic rings. The summed E-state index contributed by atoms with van der Waals surface area (Å²) in [6, 6.07) is 5.14. The number of aromatic nitrogens is 1. The van der Waals surface area contributed by atoms with Crippen LogP contribution in [0.3, 0.4) is 0 Å². The summed E-state index contributed by atoms with van der Waals surface area (Å²) < 4.78 is 0. The Morgan fingerprint density at radius 2 is 2.12 bits per heavy atom. The van der Waals surface area contributed by atoms with E-state index in [2.05, 4.69) is 4.98 Å². The van der Waals surface area contributed by atoms with Crippen molar-refractivity contribution < 1.29 is 9.90 Å². The molecule has 0 fully saturated rings. The molecule has 2 aromatic rings. The minimum atomic E-state index is -0.886. The number of nitrogens with zero attached hydrogens (tertiary/aromatic N) is 1. The second-order valence-corrected chi connectivity index (χ2v) is 4.54. The second-order valence-electron chi connectivity index (χ2n) is 3.75. The third-order valence-electron chi connectivity index (χ3n) is 2.43. The molecule has 0 unspecified atom stereocenters. The molecule has 0 spiro atoms. The Morgan fingerprint density at radius 1 is 1.41 bits per heavy atom. The summed E-state index contributed by atoms with van der Waals surface area (Å²) in [6.07, 6.45) is -0.0577. The van der Waals surface area contributed by atoms with Crippen LogP contribution in [0, 0.1) is 6.92 Å². The zero-order valence-corrected chi connectivity index (χ0v) is 10.5. The van der Waals surface area contributed by atoms with E-state index >= 15 is 0 Å². The smallest absolute Gasteiger partial charge is 0.307 e. The molecule has 17 heavy (non-hydrogen) atoms. The van der Waals surface area contributed by atoms with E-state index in [0.717, 1.165) is 11.1 Å². The summed E-state index contributed by atoms with van der Waals surface area (Å²) in [5.41, 5.74) is 1.96. The van der Waals surface area contributed by atoms with Crippen molar-refractivity contribution in [3.8, 4) is 0 Å². The van der Waals surface area contributed by atoms with Crippen LogP contribution in [0.5, 0.6) is 0 Å². The van der Waals surface area contributed by atoms with Gasteiger partial charge in [0.05, 0.1) is 22.0 Å². The molecule has 2 rings (SSSR count). The van der Waals surface area contributed by atoms with Crippen LogP contribution >= 0.6 is 23.2 Å². The van der Waals surface area contributed by atoms with E-state index in [9.17, 15) is 4.79 Å². The van der Waals surface area contributed by atoms with Crippen LogP contribution in [0.4, 0.5) is 0 Å². The number of carbonyl (C=O) groups is 1. The molecule has 1 aromatic carbocycles. The Labute approximate surface area is 108 Å². The van der Waals surface area contributed by atoms with Gasteiger partial charge in [-0.2, -0.15) is 0 Å². The highest BCUT2D eigenvalue weighted by Gasteiger charge is 2.11. The van der Waals surface area contributed by atoms with E-state index in [4.69, 9.17) is 28.3 Å². The molecule has 5 heteroatoms. The molecule has 1 heterocycles. The predicted molar refractivity (Wildman–Crippen MR) is 67.8 cm³/mol. The van der Waals surface area contributed by atoms with Gasteiger partial charge in [0, 0.05) is 11.1 Å². The van der Waals surface area contributed by atoms with Crippen LogP contribution in [0.15, 0.2) is 18.2 Å². The van der Waals surface area contributed by atoms with Gasteiger partial charge in [-0.25, -0.2) is 0 Å². The van der Waals surface area contributed by atoms with Gasteiger partial charge in [0.1, 0.15) is 0 Å². The molecule has 0 saturated heterocycles. The molecule has 0 aliphatic carbocycles. The van der Waals surface area contributed by atoms with Gasteiger partial charge in [-0.15, -0.1) is 0 Å². The minimum Gasteiger partial charge on any atom is -0.481 e. The normalized spacial score (nSPS) is 10.8. The average molecular weight is 270 g/mol. The maximum atomic E-state index is 10.8. The number of hydrogen-bond donors (Lipinski definition) is 1. The van der Waals surface area contributed by atoms with Crippen molar-refractivity contribution in [2.75, 3.05) is 0 Å². The Bertz CT molecular complexity index is 611. The number of hydrogen-bond acceptors (Lipinski definition) is 2. The number of rotatable bonds is 2. The van der Waals surface area contributed by atoms with Gasteiger partial charge in [-0.05, 0) is 24.6 Å². The van der Waals surface area contributed by atoms with Crippen LogP contribution < -0.4 is 0 Å². The highest BCUT2D eigenvalue weighted by molar-refractivity contribution is 6.45. The first kappa shape index (κ1) is 12.1. The van der Waals surface area contributed by atoms with Crippen LogP contribution in [0.1, 0.15) is 11.3 Å². The lowest BCUT2D eigenvalue weighted by atomic mass is 10.1. The van der Waals surface area contributed by atoms with E-state index in [1.807, 2.05) is 0 Å². The van der Waals surface area contributed by atoms with Gasteiger partial charge >= 0.3 is 5.97 Å². The standard InChI is InChI=1S/C12H9Cl2NO2/c1-6-4-7(5-10(16)17)8-2-3-9(13)11(14)12(8)15-6/h2-4H,5H2,1H3,(H,16,17). The molecule has 0 atom stereocenters. The third kappa shape index (κ3) is 2.35. The van der Waals surface area contributed by atoms with Crippen LogP contribution in [0.25, 0.3) is 10.9 Å². The first-order valence-electron chi connectivity index (χ1n) is 4.95. The monoisotopic (exact) mass is 269 g/mol. The molecule has 1 N–H and O–H groups in total. The number of aliphatic carboxylic acids is 1. The number of benzene rings is 1. The van der Waals surface area contributed by atoms with Crippen LogP contribution in [0.2, 0.25) is 10.0 Å². The lowest BCUT2D eigenvalue weighted by molar-refractivity contribution is -0.136. The molecule has 0 aliphatic heterocycles. The number of halogens is 2. The molecular weight excluding hydrogens is 261 g/mol. The fourth-order valence-corrected chi connectivity index (χ4v) is 2.12. The number of pyridine rings is 1. The third-order valence-corrected chi connectivity index (χ3v) is 3.22. The predicted octanol–water partition coefficient (Wildman–Crippen LogP) is 3.48. The highest BCUT2D eigenvalue weighted by Crippen LogP contribution is 2.31. The summed E-state index contributed by atoms with van der Waals surface area (Å²) >= 11 is 12.0. The van der Waals surface area contributed by atoms with Crippen LogP contribution in [-0.4, -0.2) is 16.1 Å². The summed E-state index contributed by atoms with van der Waals surface area (Å²) in [7, 11) is 0. The Hall–Kier alpha value is -1.32. The highest BCUT2D eigenvalue weighted by atomic mass is 35.5. The Morgan fingerprint density at radius 3 is 2.76 bits per heavy atom. The first-order valence-corrected chi connectivity index (χ1v) is 5.70. The van der Waals surface area contributed by atoms with Gasteiger partial charge < -0.3 is 5.11 Å². The van der Waals surface area contributed by atoms with Crippen molar-refractivity contribution in [3.63, 3.8) is 0 Å². The van der Waals surface area contributed by atoms with Crippen molar-refractivity contribution >= 4 is 40.1 Å². The number of carboxylic acid groups (broad SMARTS) is 1. The molecule has 1 aromatic heterocycles. The lowest BCUT2D eigenvalue weighted by Crippen LogP contribution is -2.02. The summed E-state index contributed by atoms with van der Waals surface area (Å²) in [5, 5.41) is 10.4. The fraction of sp³-hybridized carbons (Fsp3) is 0.167. The largest absolute Gasteiger partial charge is 0.481 e. The summed E-state index contributed by atoms with van der Waals surface area (Å²) in [5.74, 6) is -0.886. The maximum absolute atomic E-state index is 10.8. The topological polar surface area (TPSA) is 50.2 Å². The molecule has 0 bridgehead atoms. The van der Waals surface area contributed by atoms with Crippen molar-refractivity contribution in [2.45, 2.75) is 13.3 Å². The lowest BCUT2D eigenvalue weighted by Gasteiger charge is -2.08. The Kier molecular flexibility index (Phi) is 3.22. The maximum Gasteiger partial charge on any atom is 0.307 e. The van der Waals surface area contributed by atoms with Crippen molar-refractivity contribution in [1.29, 1.82) is 0 Å². The quantitative estimate of drug-likeness (QED) is 0.908. The molecule has 3 nitrogen and oxygen atoms in total. The van der Waals surface area contributed by atoms with Crippen molar-refractivity contribution in [1.82, 2.24) is 4.98 Å². The average Bonchev–Trinajstić information content (AvgIpc) is 2.23. The zero-order chi connectivity index (χ0) is 12.6. The molecular formula is C12H9Cl2NO2. The molecule has 0 saturated carbocycles. The van der Waals surface area contributed by atoms with E-state index < -0.39 is 5.97 Å².